The average molecular weight is 354 g/mol. The maximum absolute atomic E-state index is 13.9. The van der Waals surface area contributed by atoms with E-state index in [4.69, 9.17) is 11.6 Å². The fourth-order valence-corrected chi connectivity index (χ4v) is 2.95. The van der Waals surface area contributed by atoms with Crippen molar-refractivity contribution in [2.45, 2.75) is 12.5 Å². The molecule has 3 aromatic rings. The molecule has 0 aliphatic carbocycles. The van der Waals surface area contributed by atoms with Gasteiger partial charge in [0.25, 0.3) is 0 Å². The van der Waals surface area contributed by atoms with E-state index < -0.39 is 5.82 Å². The molecule has 3 aromatic carbocycles. The number of carbonyl (C=O) groups is 1. The molecule has 0 aliphatic rings. The van der Waals surface area contributed by atoms with Crippen molar-refractivity contribution in [3.8, 4) is 0 Å². The van der Waals surface area contributed by atoms with Crippen LogP contribution in [0.3, 0.4) is 0 Å². The number of rotatable bonds is 5. The van der Waals surface area contributed by atoms with Crippen LogP contribution in [0, 0.1) is 5.82 Å². The minimum Gasteiger partial charge on any atom is -0.345 e. The predicted molar refractivity (Wildman–Crippen MR) is 98.0 cm³/mol. The highest BCUT2D eigenvalue weighted by atomic mass is 35.5. The maximum atomic E-state index is 13.9. The van der Waals surface area contributed by atoms with Gasteiger partial charge in [-0.15, -0.1) is 0 Å². The summed E-state index contributed by atoms with van der Waals surface area (Å²) in [7, 11) is 0. The first-order valence-electron chi connectivity index (χ1n) is 7.97. The van der Waals surface area contributed by atoms with Gasteiger partial charge in [0, 0.05) is 10.6 Å². The van der Waals surface area contributed by atoms with Crippen LogP contribution in [0.5, 0.6) is 0 Å². The van der Waals surface area contributed by atoms with Gasteiger partial charge in [-0.1, -0.05) is 78.3 Å². The fourth-order valence-electron chi connectivity index (χ4n) is 2.72. The van der Waals surface area contributed by atoms with Crippen LogP contribution in [0.15, 0.2) is 78.9 Å². The number of hydrogen-bond donors (Lipinski definition) is 1. The van der Waals surface area contributed by atoms with Gasteiger partial charge >= 0.3 is 0 Å². The maximum Gasteiger partial charge on any atom is 0.225 e. The largest absolute Gasteiger partial charge is 0.345 e. The van der Waals surface area contributed by atoms with Gasteiger partial charge in [-0.05, 0) is 23.3 Å². The lowest BCUT2D eigenvalue weighted by atomic mass is 9.98. The second kappa shape index (κ2) is 7.95. The van der Waals surface area contributed by atoms with Gasteiger partial charge in [-0.25, -0.2) is 4.39 Å². The van der Waals surface area contributed by atoms with Crippen molar-refractivity contribution < 1.29 is 9.18 Å². The van der Waals surface area contributed by atoms with Gasteiger partial charge < -0.3 is 5.32 Å². The van der Waals surface area contributed by atoms with Crippen LogP contribution in [0.2, 0.25) is 5.02 Å². The molecule has 1 amide bonds. The molecule has 0 fully saturated rings. The SMILES string of the molecule is O=C(Cc1c(F)cccc1Cl)NC(c1ccccc1)c1ccccc1. The molecule has 0 aromatic heterocycles. The van der Waals surface area contributed by atoms with Crippen LogP contribution in [0.25, 0.3) is 0 Å². The van der Waals surface area contributed by atoms with Crippen LogP contribution in [0.1, 0.15) is 22.7 Å². The number of amides is 1. The molecule has 0 bridgehead atoms. The zero-order valence-electron chi connectivity index (χ0n) is 13.5. The van der Waals surface area contributed by atoms with E-state index in [0.717, 1.165) is 11.1 Å². The Morgan fingerprint density at radius 1 is 0.880 bits per heavy atom. The summed E-state index contributed by atoms with van der Waals surface area (Å²) in [4.78, 5) is 12.5. The number of benzene rings is 3. The van der Waals surface area contributed by atoms with Crippen molar-refractivity contribution in [1.29, 1.82) is 0 Å². The predicted octanol–water partition coefficient (Wildman–Crippen LogP) is 4.93. The van der Waals surface area contributed by atoms with Gasteiger partial charge in [0.15, 0.2) is 0 Å². The third-order valence-electron chi connectivity index (χ3n) is 3.97. The summed E-state index contributed by atoms with van der Waals surface area (Å²) in [5, 5.41) is 3.24. The molecule has 0 atom stereocenters. The highest BCUT2D eigenvalue weighted by Crippen LogP contribution is 2.23. The zero-order valence-corrected chi connectivity index (χ0v) is 14.2. The quantitative estimate of drug-likeness (QED) is 0.692. The molecule has 0 aliphatic heterocycles. The molecule has 0 saturated heterocycles. The molecule has 3 rings (SSSR count). The minimum atomic E-state index is -0.473. The normalized spacial score (nSPS) is 10.7. The number of carbonyl (C=O) groups excluding carboxylic acids is 1. The van der Waals surface area contributed by atoms with E-state index in [1.165, 1.54) is 12.1 Å². The molecule has 0 spiro atoms. The Morgan fingerprint density at radius 2 is 1.44 bits per heavy atom. The lowest BCUT2D eigenvalue weighted by Crippen LogP contribution is -2.30. The summed E-state index contributed by atoms with van der Waals surface area (Å²) >= 11 is 6.02. The molecule has 25 heavy (non-hydrogen) atoms. The Bertz CT molecular complexity index is 793. The average Bonchev–Trinajstić information content (AvgIpc) is 2.64. The van der Waals surface area contributed by atoms with Crippen LogP contribution in [0.4, 0.5) is 4.39 Å². The third-order valence-corrected chi connectivity index (χ3v) is 4.32. The summed E-state index contributed by atoms with van der Waals surface area (Å²) < 4.78 is 13.9. The fraction of sp³-hybridized carbons (Fsp3) is 0.0952. The highest BCUT2D eigenvalue weighted by molar-refractivity contribution is 6.31. The molecule has 0 saturated carbocycles. The molecular formula is C21H17ClFNO. The van der Waals surface area contributed by atoms with Crippen molar-refractivity contribution in [2.24, 2.45) is 0 Å². The van der Waals surface area contributed by atoms with Gasteiger partial charge in [0.2, 0.25) is 5.91 Å². The van der Waals surface area contributed by atoms with Crippen LogP contribution < -0.4 is 5.32 Å². The second-order valence-corrected chi connectivity index (χ2v) is 6.11. The molecule has 4 heteroatoms. The standard InChI is InChI=1S/C21H17ClFNO/c22-18-12-7-13-19(23)17(18)14-20(25)24-21(15-8-3-1-4-9-15)16-10-5-2-6-11-16/h1-13,21H,14H2,(H,24,25). The number of hydrogen-bond acceptors (Lipinski definition) is 1. The Hall–Kier alpha value is -2.65. The van der Waals surface area contributed by atoms with E-state index in [2.05, 4.69) is 5.32 Å². The summed E-state index contributed by atoms with van der Waals surface area (Å²) in [5.41, 5.74) is 2.13. The van der Waals surface area contributed by atoms with E-state index in [-0.39, 0.29) is 29.0 Å². The summed E-state index contributed by atoms with van der Waals surface area (Å²) in [6.45, 7) is 0. The van der Waals surface area contributed by atoms with Gasteiger partial charge in [-0.3, -0.25) is 4.79 Å². The number of halogens is 2. The molecule has 2 nitrogen and oxygen atoms in total. The minimum absolute atomic E-state index is 0.109. The third kappa shape index (κ3) is 4.25. The van der Waals surface area contributed by atoms with E-state index >= 15 is 0 Å². The van der Waals surface area contributed by atoms with Crippen molar-refractivity contribution in [1.82, 2.24) is 5.32 Å². The van der Waals surface area contributed by atoms with Crippen molar-refractivity contribution in [3.63, 3.8) is 0 Å². The van der Waals surface area contributed by atoms with Crippen LogP contribution in [-0.4, -0.2) is 5.91 Å². The topological polar surface area (TPSA) is 29.1 Å². The Balaban J connectivity index is 1.84. The van der Waals surface area contributed by atoms with E-state index in [0.29, 0.717) is 0 Å². The van der Waals surface area contributed by atoms with Gasteiger partial charge in [0.1, 0.15) is 5.82 Å². The summed E-state index contributed by atoms with van der Waals surface area (Å²) in [6.07, 6.45) is -0.109. The first-order chi connectivity index (χ1) is 12.1. The number of nitrogens with one attached hydrogen (secondary N) is 1. The van der Waals surface area contributed by atoms with E-state index in [9.17, 15) is 9.18 Å². The molecule has 1 N–H and O–H groups in total. The first-order valence-corrected chi connectivity index (χ1v) is 8.35. The van der Waals surface area contributed by atoms with Crippen LogP contribution >= 0.6 is 11.6 Å². The van der Waals surface area contributed by atoms with E-state index in [1.54, 1.807) is 6.07 Å². The van der Waals surface area contributed by atoms with Gasteiger partial charge in [-0.2, -0.15) is 0 Å². The van der Waals surface area contributed by atoms with Crippen molar-refractivity contribution >= 4 is 17.5 Å². The second-order valence-electron chi connectivity index (χ2n) is 5.70. The Kier molecular flexibility index (Phi) is 5.46. The molecule has 0 radical (unpaired) electrons. The van der Waals surface area contributed by atoms with E-state index in [1.807, 2.05) is 60.7 Å². The molecule has 126 valence electrons. The lowest BCUT2D eigenvalue weighted by molar-refractivity contribution is -0.121. The van der Waals surface area contributed by atoms with Crippen LogP contribution in [-0.2, 0) is 11.2 Å². The highest BCUT2D eigenvalue weighted by Gasteiger charge is 2.18. The van der Waals surface area contributed by atoms with Crippen molar-refractivity contribution in [2.75, 3.05) is 0 Å². The smallest absolute Gasteiger partial charge is 0.225 e. The molecule has 0 heterocycles. The summed E-state index contributed by atoms with van der Waals surface area (Å²) in [5.74, 6) is -0.761. The Morgan fingerprint density at radius 3 is 1.96 bits per heavy atom. The summed E-state index contributed by atoms with van der Waals surface area (Å²) in [6, 6.07) is 23.4. The monoisotopic (exact) mass is 353 g/mol. The Labute approximate surface area is 151 Å². The molecule has 0 unspecified atom stereocenters. The zero-order chi connectivity index (χ0) is 17.6. The molecular weight excluding hydrogens is 337 g/mol. The van der Waals surface area contributed by atoms with Gasteiger partial charge in [0.05, 0.1) is 12.5 Å². The first kappa shape index (κ1) is 17.2. The van der Waals surface area contributed by atoms with Crippen molar-refractivity contribution in [3.05, 3.63) is 106 Å². The lowest BCUT2D eigenvalue weighted by Gasteiger charge is -2.20.